The largest absolute Gasteiger partial charge is 0.480 e. The van der Waals surface area contributed by atoms with E-state index >= 15 is 0 Å². The standard InChI is InChI=1S/C10H15N3O3/c1-6(2)8(10(15)16)12-9(14)7-4-13(3)5-11-7/h4-6,8H,1-3H3,(H,12,14)(H,15,16)/t8-/m1/s1. The second kappa shape index (κ2) is 4.78. The van der Waals surface area contributed by atoms with Crippen molar-refractivity contribution >= 4 is 11.9 Å². The molecule has 2 N–H and O–H groups in total. The zero-order valence-corrected chi connectivity index (χ0v) is 9.47. The predicted molar refractivity (Wildman–Crippen MR) is 56.9 cm³/mol. The number of rotatable bonds is 4. The van der Waals surface area contributed by atoms with E-state index in [2.05, 4.69) is 10.3 Å². The van der Waals surface area contributed by atoms with E-state index in [0.29, 0.717) is 0 Å². The van der Waals surface area contributed by atoms with Crippen LogP contribution in [-0.4, -0.2) is 32.6 Å². The zero-order chi connectivity index (χ0) is 12.3. The first-order valence-electron chi connectivity index (χ1n) is 4.93. The maximum absolute atomic E-state index is 11.6. The molecule has 1 aromatic heterocycles. The van der Waals surface area contributed by atoms with E-state index in [0.717, 1.165) is 0 Å². The maximum atomic E-state index is 11.6. The Balaban J connectivity index is 2.73. The van der Waals surface area contributed by atoms with E-state index in [1.807, 2.05) is 0 Å². The first-order valence-corrected chi connectivity index (χ1v) is 4.93. The molecule has 1 rings (SSSR count). The van der Waals surface area contributed by atoms with Crippen molar-refractivity contribution in [3.63, 3.8) is 0 Å². The summed E-state index contributed by atoms with van der Waals surface area (Å²) in [6, 6.07) is -0.894. The van der Waals surface area contributed by atoms with Crippen molar-refractivity contribution in [2.75, 3.05) is 0 Å². The van der Waals surface area contributed by atoms with Gasteiger partial charge in [-0.25, -0.2) is 9.78 Å². The third kappa shape index (κ3) is 2.82. The summed E-state index contributed by atoms with van der Waals surface area (Å²) in [4.78, 5) is 26.3. The number of hydrogen-bond donors (Lipinski definition) is 2. The van der Waals surface area contributed by atoms with E-state index < -0.39 is 17.9 Å². The normalized spacial score (nSPS) is 12.5. The summed E-state index contributed by atoms with van der Waals surface area (Å²) in [5.74, 6) is -1.69. The van der Waals surface area contributed by atoms with Crippen molar-refractivity contribution in [3.8, 4) is 0 Å². The Hall–Kier alpha value is -1.85. The highest BCUT2D eigenvalue weighted by Gasteiger charge is 2.24. The summed E-state index contributed by atoms with van der Waals surface area (Å²) in [7, 11) is 1.74. The second-order valence-corrected chi connectivity index (χ2v) is 3.96. The van der Waals surface area contributed by atoms with Crippen molar-refractivity contribution in [2.24, 2.45) is 13.0 Å². The van der Waals surface area contributed by atoms with Crippen LogP contribution < -0.4 is 5.32 Å². The lowest BCUT2D eigenvalue weighted by Gasteiger charge is -2.16. The molecule has 1 heterocycles. The Morgan fingerprint density at radius 2 is 2.12 bits per heavy atom. The number of carboxylic acids is 1. The fourth-order valence-electron chi connectivity index (χ4n) is 1.26. The highest BCUT2D eigenvalue weighted by molar-refractivity contribution is 5.94. The van der Waals surface area contributed by atoms with E-state index in [-0.39, 0.29) is 11.6 Å². The molecule has 0 aliphatic heterocycles. The minimum absolute atomic E-state index is 0.176. The molecule has 0 saturated carbocycles. The van der Waals surface area contributed by atoms with Crippen LogP contribution in [0.4, 0.5) is 0 Å². The van der Waals surface area contributed by atoms with Gasteiger partial charge in [0.15, 0.2) is 0 Å². The van der Waals surface area contributed by atoms with Gasteiger partial charge >= 0.3 is 5.97 Å². The van der Waals surface area contributed by atoms with Gasteiger partial charge in [-0.3, -0.25) is 4.79 Å². The molecule has 0 fully saturated rings. The van der Waals surface area contributed by atoms with Crippen LogP contribution in [-0.2, 0) is 11.8 Å². The lowest BCUT2D eigenvalue weighted by Crippen LogP contribution is -2.44. The van der Waals surface area contributed by atoms with Crippen LogP contribution in [0.25, 0.3) is 0 Å². The van der Waals surface area contributed by atoms with Gasteiger partial charge < -0.3 is 15.0 Å². The summed E-state index contributed by atoms with van der Waals surface area (Å²) >= 11 is 0. The first kappa shape index (κ1) is 12.2. The molecule has 1 aromatic rings. The molecule has 6 heteroatoms. The molecular weight excluding hydrogens is 210 g/mol. The molecule has 6 nitrogen and oxygen atoms in total. The van der Waals surface area contributed by atoms with E-state index in [4.69, 9.17) is 5.11 Å². The quantitative estimate of drug-likeness (QED) is 0.769. The molecule has 0 aliphatic carbocycles. The lowest BCUT2D eigenvalue weighted by atomic mass is 10.0. The molecule has 0 saturated heterocycles. The Bertz CT molecular complexity index is 398. The number of carbonyl (C=O) groups is 2. The Morgan fingerprint density at radius 1 is 1.50 bits per heavy atom. The maximum Gasteiger partial charge on any atom is 0.326 e. The van der Waals surface area contributed by atoms with Crippen LogP contribution in [0, 0.1) is 5.92 Å². The van der Waals surface area contributed by atoms with Crippen molar-refractivity contribution in [1.29, 1.82) is 0 Å². The molecule has 1 amide bonds. The number of aliphatic carboxylic acids is 1. The van der Waals surface area contributed by atoms with Crippen molar-refractivity contribution in [3.05, 3.63) is 18.2 Å². The topological polar surface area (TPSA) is 84.2 Å². The number of carbonyl (C=O) groups excluding carboxylic acids is 1. The predicted octanol–water partition coefficient (Wildman–Crippen LogP) is 0.259. The molecule has 0 unspecified atom stereocenters. The van der Waals surface area contributed by atoms with Gasteiger partial charge in [0.05, 0.1) is 6.33 Å². The third-order valence-corrected chi connectivity index (χ3v) is 2.16. The summed E-state index contributed by atoms with van der Waals surface area (Å²) < 4.78 is 1.63. The van der Waals surface area contributed by atoms with Gasteiger partial charge in [-0.1, -0.05) is 13.8 Å². The van der Waals surface area contributed by atoms with Gasteiger partial charge in [0.2, 0.25) is 0 Å². The zero-order valence-electron chi connectivity index (χ0n) is 9.47. The minimum Gasteiger partial charge on any atom is -0.480 e. The molecular formula is C10H15N3O3. The van der Waals surface area contributed by atoms with Crippen molar-refractivity contribution in [2.45, 2.75) is 19.9 Å². The summed E-state index contributed by atoms with van der Waals surface area (Å²) in [5.41, 5.74) is 0.217. The van der Waals surface area contributed by atoms with Gasteiger partial charge in [0, 0.05) is 13.2 Å². The molecule has 0 spiro atoms. The van der Waals surface area contributed by atoms with Gasteiger partial charge in [-0.2, -0.15) is 0 Å². The number of nitrogens with zero attached hydrogens (tertiary/aromatic N) is 2. The molecule has 0 aromatic carbocycles. The fraction of sp³-hybridized carbons (Fsp3) is 0.500. The van der Waals surface area contributed by atoms with E-state index in [9.17, 15) is 9.59 Å². The number of carboxylic acid groups (broad SMARTS) is 1. The van der Waals surface area contributed by atoms with Crippen LogP contribution in [0.2, 0.25) is 0 Å². The smallest absolute Gasteiger partial charge is 0.326 e. The van der Waals surface area contributed by atoms with Gasteiger partial charge in [0.1, 0.15) is 11.7 Å². The van der Waals surface area contributed by atoms with Gasteiger partial charge in [0.25, 0.3) is 5.91 Å². The molecule has 0 radical (unpaired) electrons. The number of aromatic nitrogens is 2. The van der Waals surface area contributed by atoms with E-state index in [1.165, 1.54) is 12.5 Å². The second-order valence-electron chi connectivity index (χ2n) is 3.96. The number of hydrogen-bond acceptors (Lipinski definition) is 3. The average molecular weight is 225 g/mol. The summed E-state index contributed by atoms with van der Waals surface area (Å²) in [6.45, 7) is 3.47. The van der Waals surface area contributed by atoms with Crippen LogP contribution in [0.15, 0.2) is 12.5 Å². The Kier molecular flexibility index (Phi) is 3.65. The number of nitrogens with one attached hydrogen (secondary N) is 1. The molecule has 88 valence electrons. The highest BCUT2D eigenvalue weighted by atomic mass is 16.4. The fourth-order valence-corrected chi connectivity index (χ4v) is 1.26. The van der Waals surface area contributed by atoms with Crippen LogP contribution in [0.3, 0.4) is 0 Å². The monoisotopic (exact) mass is 225 g/mol. The summed E-state index contributed by atoms with van der Waals surface area (Å²) in [5, 5.41) is 11.3. The van der Waals surface area contributed by atoms with Gasteiger partial charge in [-0.05, 0) is 5.92 Å². The number of amides is 1. The average Bonchev–Trinajstić information content (AvgIpc) is 2.59. The third-order valence-electron chi connectivity index (χ3n) is 2.16. The first-order chi connectivity index (χ1) is 7.41. The van der Waals surface area contributed by atoms with Crippen LogP contribution in [0.5, 0.6) is 0 Å². The van der Waals surface area contributed by atoms with Gasteiger partial charge in [-0.15, -0.1) is 0 Å². The molecule has 16 heavy (non-hydrogen) atoms. The van der Waals surface area contributed by atoms with Crippen LogP contribution >= 0.6 is 0 Å². The Morgan fingerprint density at radius 3 is 2.50 bits per heavy atom. The Labute approximate surface area is 93.3 Å². The highest BCUT2D eigenvalue weighted by Crippen LogP contribution is 2.03. The number of aryl methyl sites for hydroxylation is 1. The minimum atomic E-state index is -1.04. The summed E-state index contributed by atoms with van der Waals surface area (Å²) in [6.07, 6.45) is 3.02. The lowest BCUT2D eigenvalue weighted by molar-refractivity contribution is -0.140. The number of imidazole rings is 1. The van der Waals surface area contributed by atoms with Crippen LogP contribution in [0.1, 0.15) is 24.3 Å². The molecule has 0 aliphatic rings. The molecule has 1 atom stereocenters. The SMILES string of the molecule is CC(C)[C@@H](NC(=O)c1cn(C)cn1)C(=O)O. The molecule has 0 bridgehead atoms. The van der Waals surface area contributed by atoms with E-state index in [1.54, 1.807) is 25.5 Å². The van der Waals surface area contributed by atoms with Crippen molar-refractivity contribution in [1.82, 2.24) is 14.9 Å². The van der Waals surface area contributed by atoms with Crippen molar-refractivity contribution < 1.29 is 14.7 Å².